The third-order valence-electron chi connectivity index (χ3n) is 1.36. The Morgan fingerprint density at radius 3 is 2.33 bits per heavy atom. The molecule has 0 N–H and O–H groups in total. The van der Waals surface area contributed by atoms with Crippen molar-refractivity contribution in [1.82, 2.24) is 0 Å². The normalized spacial score (nSPS) is 17.0. The van der Waals surface area contributed by atoms with Gasteiger partial charge in [0.05, 0.1) is 0 Å². The molecule has 0 fully saturated rings. The van der Waals surface area contributed by atoms with Crippen LogP contribution in [0.3, 0.4) is 0 Å². The number of hydrogen-bond donors (Lipinski definition) is 0. The number of halogens is 1. The summed E-state index contributed by atoms with van der Waals surface area (Å²) in [6, 6.07) is 0. The van der Waals surface area contributed by atoms with Crippen LogP contribution in [0.2, 0.25) is 0 Å². The number of hydrogen-bond acceptors (Lipinski definition) is 2. The largest absolute Gasteiger partial charge is 1.00 e. The summed E-state index contributed by atoms with van der Waals surface area (Å²) < 4.78 is 12.8. The van der Waals surface area contributed by atoms with Gasteiger partial charge in [-0.3, -0.25) is 0 Å². The van der Waals surface area contributed by atoms with Crippen molar-refractivity contribution in [3.05, 3.63) is 0 Å². The summed E-state index contributed by atoms with van der Waals surface area (Å²) in [6.45, 7) is 7.69. The summed E-state index contributed by atoms with van der Waals surface area (Å²) in [5, 5.41) is 0. The molecule has 4 heteroatoms. The number of likely N-dealkylation sites (N-methyl/N-ethyl adjacent to an activating group) is 1. The van der Waals surface area contributed by atoms with E-state index < -0.39 is 0 Å². The first-order chi connectivity index (χ1) is 4.99. The van der Waals surface area contributed by atoms with Gasteiger partial charge in [0.1, 0.15) is 12.6 Å². The molecule has 12 heavy (non-hydrogen) atoms. The van der Waals surface area contributed by atoms with Crippen molar-refractivity contribution in [2.45, 2.75) is 26.4 Å². The van der Waals surface area contributed by atoms with Gasteiger partial charge in [-0.15, -0.1) is 0 Å². The predicted octanol–water partition coefficient (Wildman–Crippen LogP) is -2.17. The van der Waals surface area contributed by atoms with Gasteiger partial charge >= 0.3 is 6.08 Å². The zero-order valence-corrected chi connectivity index (χ0v) is 9.64. The standard InChI is InChI=1S/C8H16NO2.BrH/c1-8(2,3)11-7-9(4)5-6-10-7;/h5-6H2,1-4H3;1H/q+1;/p-1. The van der Waals surface area contributed by atoms with Gasteiger partial charge in [0, 0.05) is 0 Å². The van der Waals surface area contributed by atoms with Crippen molar-refractivity contribution in [2.24, 2.45) is 0 Å². The molecule has 1 rings (SSSR count). The van der Waals surface area contributed by atoms with Gasteiger partial charge in [-0.2, -0.15) is 4.58 Å². The number of nitrogens with zero attached hydrogens (tertiary/aromatic N) is 1. The van der Waals surface area contributed by atoms with Crippen molar-refractivity contribution in [1.29, 1.82) is 0 Å². The van der Waals surface area contributed by atoms with Crippen molar-refractivity contribution < 1.29 is 31.0 Å². The molecule has 0 aliphatic carbocycles. The van der Waals surface area contributed by atoms with E-state index in [0.29, 0.717) is 6.08 Å². The first-order valence-electron chi connectivity index (χ1n) is 3.89. The van der Waals surface area contributed by atoms with Gasteiger partial charge in [-0.25, -0.2) is 0 Å². The molecular formula is C8H16BrNO2. The molecule has 0 aromatic carbocycles. The lowest BCUT2D eigenvalue weighted by molar-refractivity contribution is -0.497. The Hall–Kier alpha value is -0.250. The molecule has 0 saturated heterocycles. The Bertz CT molecular complexity index is 184. The van der Waals surface area contributed by atoms with Crippen LogP contribution in [0.25, 0.3) is 0 Å². The SMILES string of the molecule is C[N+]1=C(OC(C)(C)C)OCC1.[Br-]. The fraction of sp³-hybridized carbons (Fsp3) is 0.875. The Balaban J connectivity index is 0.00000121. The summed E-state index contributed by atoms with van der Waals surface area (Å²) in [5.74, 6) is 0. The Morgan fingerprint density at radius 2 is 2.00 bits per heavy atom. The van der Waals surface area contributed by atoms with Gasteiger partial charge in [-0.05, 0) is 20.8 Å². The second-order valence-corrected chi connectivity index (χ2v) is 3.75. The van der Waals surface area contributed by atoms with Crippen LogP contribution < -0.4 is 17.0 Å². The van der Waals surface area contributed by atoms with E-state index in [0.717, 1.165) is 13.2 Å². The topological polar surface area (TPSA) is 21.5 Å². The molecule has 0 atom stereocenters. The van der Waals surface area contributed by atoms with Crippen LogP contribution in [0.1, 0.15) is 20.8 Å². The molecule has 0 saturated carbocycles. The van der Waals surface area contributed by atoms with Crippen molar-refractivity contribution in [2.75, 3.05) is 20.2 Å². The second kappa shape index (κ2) is 4.12. The van der Waals surface area contributed by atoms with Gasteiger partial charge in [0.2, 0.25) is 0 Å². The van der Waals surface area contributed by atoms with E-state index in [1.807, 2.05) is 32.4 Å². The Morgan fingerprint density at radius 1 is 1.42 bits per heavy atom. The third kappa shape index (κ3) is 3.43. The lowest BCUT2D eigenvalue weighted by Crippen LogP contribution is -3.00. The molecule has 3 nitrogen and oxygen atoms in total. The molecule has 72 valence electrons. The van der Waals surface area contributed by atoms with Crippen molar-refractivity contribution in [3.8, 4) is 0 Å². The van der Waals surface area contributed by atoms with E-state index in [4.69, 9.17) is 9.47 Å². The van der Waals surface area contributed by atoms with E-state index in [1.165, 1.54) is 0 Å². The molecular weight excluding hydrogens is 222 g/mol. The maximum Gasteiger partial charge on any atom is 0.549 e. The smallest absolute Gasteiger partial charge is 0.549 e. The average Bonchev–Trinajstić information content (AvgIpc) is 2.12. The highest BCUT2D eigenvalue weighted by molar-refractivity contribution is 5.62. The Kier molecular flexibility index (Phi) is 4.03. The minimum absolute atomic E-state index is 0. The van der Waals surface area contributed by atoms with E-state index >= 15 is 0 Å². The average molecular weight is 238 g/mol. The number of rotatable bonds is 0. The van der Waals surface area contributed by atoms with Crippen LogP contribution in [0.15, 0.2) is 0 Å². The minimum Gasteiger partial charge on any atom is -1.00 e. The van der Waals surface area contributed by atoms with E-state index in [-0.39, 0.29) is 22.6 Å². The molecule has 0 aromatic heterocycles. The summed E-state index contributed by atoms with van der Waals surface area (Å²) >= 11 is 0. The van der Waals surface area contributed by atoms with Crippen molar-refractivity contribution in [3.63, 3.8) is 0 Å². The zero-order chi connectivity index (χ0) is 8.48. The molecule has 0 aromatic rings. The van der Waals surface area contributed by atoms with Crippen molar-refractivity contribution >= 4 is 6.08 Å². The lowest BCUT2D eigenvalue weighted by Gasteiger charge is -2.16. The first kappa shape index (κ1) is 11.8. The van der Waals surface area contributed by atoms with Crippen LogP contribution >= 0.6 is 0 Å². The molecule has 1 aliphatic heterocycles. The molecule has 1 heterocycles. The minimum atomic E-state index is -0.159. The van der Waals surface area contributed by atoms with Crippen LogP contribution in [0.5, 0.6) is 0 Å². The van der Waals surface area contributed by atoms with Crippen LogP contribution in [0, 0.1) is 0 Å². The van der Waals surface area contributed by atoms with E-state index in [1.54, 1.807) is 0 Å². The van der Waals surface area contributed by atoms with Gasteiger partial charge in [-0.1, -0.05) is 0 Å². The highest BCUT2D eigenvalue weighted by Gasteiger charge is 2.27. The highest BCUT2D eigenvalue weighted by Crippen LogP contribution is 2.09. The monoisotopic (exact) mass is 237 g/mol. The Labute approximate surface area is 84.1 Å². The number of ether oxygens (including phenoxy) is 2. The maximum atomic E-state index is 5.53. The molecule has 0 spiro atoms. The van der Waals surface area contributed by atoms with E-state index in [9.17, 15) is 0 Å². The molecule has 0 bridgehead atoms. The highest BCUT2D eigenvalue weighted by atomic mass is 79.9. The summed E-state index contributed by atoms with van der Waals surface area (Å²) in [5.41, 5.74) is -0.159. The lowest BCUT2D eigenvalue weighted by atomic mass is 10.2. The van der Waals surface area contributed by atoms with Gasteiger partial charge in [0.25, 0.3) is 0 Å². The van der Waals surface area contributed by atoms with Crippen LogP contribution in [0.4, 0.5) is 0 Å². The molecule has 1 aliphatic rings. The summed E-state index contributed by atoms with van der Waals surface area (Å²) in [6.07, 6.45) is 0.650. The summed E-state index contributed by atoms with van der Waals surface area (Å²) in [7, 11) is 1.97. The van der Waals surface area contributed by atoms with Gasteiger partial charge in [0.15, 0.2) is 13.2 Å². The first-order valence-corrected chi connectivity index (χ1v) is 3.89. The van der Waals surface area contributed by atoms with Crippen LogP contribution in [-0.4, -0.2) is 36.5 Å². The summed E-state index contributed by atoms with van der Waals surface area (Å²) in [4.78, 5) is 0. The quantitative estimate of drug-likeness (QED) is 0.448. The zero-order valence-electron chi connectivity index (χ0n) is 8.06. The fourth-order valence-corrected chi connectivity index (χ4v) is 0.841. The fourth-order valence-electron chi connectivity index (χ4n) is 0.841. The third-order valence-corrected chi connectivity index (χ3v) is 1.36. The predicted molar refractivity (Wildman–Crippen MR) is 42.8 cm³/mol. The molecule has 0 radical (unpaired) electrons. The van der Waals surface area contributed by atoms with Gasteiger partial charge < -0.3 is 26.5 Å². The van der Waals surface area contributed by atoms with E-state index in [2.05, 4.69) is 0 Å². The second-order valence-electron chi connectivity index (χ2n) is 3.75. The maximum absolute atomic E-state index is 5.53. The molecule has 0 amide bonds. The van der Waals surface area contributed by atoms with Crippen LogP contribution in [-0.2, 0) is 9.47 Å². The molecule has 0 unspecified atom stereocenters.